The molecule has 2 atom stereocenters. The summed E-state index contributed by atoms with van der Waals surface area (Å²) < 4.78 is 0. The molecule has 0 radical (unpaired) electrons. The number of carbonyl (C=O) groups is 1. The second kappa shape index (κ2) is 3.28. The molecule has 0 aromatic heterocycles. The summed E-state index contributed by atoms with van der Waals surface area (Å²) in [6.07, 6.45) is 3.04. The molecule has 1 heterocycles. The Labute approximate surface area is 66.8 Å². The maximum atomic E-state index is 11.0. The highest BCUT2D eigenvalue weighted by Gasteiger charge is 2.23. The van der Waals surface area contributed by atoms with Gasteiger partial charge in [-0.25, -0.2) is 0 Å². The molecule has 0 spiro atoms. The molecule has 1 amide bonds. The fourth-order valence-electron chi connectivity index (χ4n) is 1.17. The lowest BCUT2D eigenvalue weighted by Gasteiger charge is -2.25. The average molecular weight is 159 g/mol. The maximum absolute atomic E-state index is 11.0. The first-order chi connectivity index (χ1) is 4.74. The average Bonchev–Trinajstić information content (AvgIpc) is 1.95. The summed E-state index contributed by atoms with van der Waals surface area (Å²) in [4.78, 5) is 11.0. The van der Waals surface area contributed by atoms with Crippen molar-refractivity contribution >= 4 is 18.5 Å². The molecule has 0 saturated carbocycles. The first kappa shape index (κ1) is 7.92. The SMILES string of the molecule is CCC1CCC(S)C(=O)N1. The normalized spacial score (nSPS) is 33.6. The summed E-state index contributed by atoms with van der Waals surface area (Å²) in [6, 6.07) is 0.399. The minimum atomic E-state index is -0.0669. The van der Waals surface area contributed by atoms with Crippen LogP contribution in [0.3, 0.4) is 0 Å². The van der Waals surface area contributed by atoms with Gasteiger partial charge < -0.3 is 5.32 Å². The van der Waals surface area contributed by atoms with Gasteiger partial charge in [0.2, 0.25) is 5.91 Å². The van der Waals surface area contributed by atoms with E-state index in [1.807, 2.05) is 0 Å². The van der Waals surface area contributed by atoms with Crippen molar-refractivity contribution < 1.29 is 4.79 Å². The predicted molar refractivity (Wildman–Crippen MR) is 44.2 cm³/mol. The first-order valence-corrected chi connectivity index (χ1v) is 4.24. The molecule has 0 aliphatic carbocycles. The minimum absolute atomic E-state index is 0.0669. The van der Waals surface area contributed by atoms with Crippen molar-refractivity contribution in [3.05, 3.63) is 0 Å². The van der Waals surface area contributed by atoms with Gasteiger partial charge in [0.25, 0.3) is 0 Å². The third-order valence-electron chi connectivity index (χ3n) is 1.93. The van der Waals surface area contributed by atoms with Crippen molar-refractivity contribution in [3.63, 3.8) is 0 Å². The Morgan fingerprint density at radius 2 is 2.40 bits per heavy atom. The number of carbonyl (C=O) groups excluding carboxylic acids is 1. The van der Waals surface area contributed by atoms with Crippen molar-refractivity contribution in [1.29, 1.82) is 0 Å². The largest absolute Gasteiger partial charge is 0.352 e. The van der Waals surface area contributed by atoms with E-state index >= 15 is 0 Å². The Balaban J connectivity index is 2.41. The molecule has 0 aromatic carbocycles. The molecule has 2 nitrogen and oxygen atoms in total. The van der Waals surface area contributed by atoms with Crippen LogP contribution in [0, 0.1) is 0 Å². The Hall–Kier alpha value is -0.180. The Kier molecular flexibility index (Phi) is 2.60. The lowest BCUT2D eigenvalue weighted by molar-refractivity contribution is -0.122. The molecular formula is C7H13NOS. The molecule has 3 heteroatoms. The van der Waals surface area contributed by atoms with Crippen LogP contribution in [-0.4, -0.2) is 17.2 Å². The molecule has 1 saturated heterocycles. The second-order valence-electron chi connectivity index (χ2n) is 2.71. The standard InChI is InChI=1S/C7H13NOS/c1-2-5-3-4-6(10)7(9)8-5/h5-6,10H,2-4H2,1H3,(H,8,9). The lowest BCUT2D eigenvalue weighted by Crippen LogP contribution is -2.44. The maximum Gasteiger partial charge on any atom is 0.233 e. The molecule has 0 aromatic rings. The monoisotopic (exact) mass is 159 g/mol. The van der Waals surface area contributed by atoms with Gasteiger partial charge in [0, 0.05) is 6.04 Å². The third-order valence-corrected chi connectivity index (χ3v) is 2.42. The summed E-state index contributed by atoms with van der Waals surface area (Å²) in [5, 5.41) is 2.83. The van der Waals surface area contributed by atoms with E-state index in [1.165, 1.54) is 0 Å². The predicted octanol–water partition coefficient (Wildman–Crippen LogP) is 0.973. The van der Waals surface area contributed by atoms with Gasteiger partial charge in [0.05, 0.1) is 5.25 Å². The number of hydrogen-bond donors (Lipinski definition) is 2. The summed E-state index contributed by atoms with van der Waals surface area (Å²) in [7, 11) is 0. The van der Waals surface area contributed by atoms with Gasteiger partial charge in [-0.05, 0) is 19.3 Å². The molecule has 1 rings (SSSR count). The molecule has 1 aliphatic heterocycles. The number of amides is 1. The molecule has 0 bridgehead atoms. The van der Waals surface area contributed by atoms with Crippen LogP contribution in [0.4, 0.5) is 0 Å². The number of rotatable bonds is 1. The zero-order chi connectivity index (χ0) is 7.56. The van der Waals surface area contributed by atoms with E-state index in [4.69, 9.17) is 0 Å². The first-order valence-electron chi connectivity index (χ1n) is 3.72. The summed E-state index contributed by atoms with van der Waals surface area (Å²) in [5.41, 5.74) is 0. The smallest absolute Gasteiger partial charge is 0.233 e. The van der Waals surface area contributed by atoms with Gasteiger partial charge in [0.1, 0.15) is 0 Å². The number of hydrogen-bond acceptors (Lipinski definition) is 2. The number of piperidine rings is 1. The Bertz CT molecular complexity index is 138. The third kappa shape index (κ3) is 1.66. The van der Waals surface area contributed by atoms with Gasteiger partial charge in [-0.2, -0.15) is 12.6 Å². The van der Waals surface area contributed by atoms with Crippen LogP contribution in [0.15, 0.2) is 0 Å². The minimum Gasteiger partial charge on any atom is -0.352 e. The zero-order valence-electron chi connectivity index (χ0n) is 6.13. The fraction of sp³-hybridized carbons (Fsp3) is 0.857. The van der Waals surface area contributed by atoms with Crippen molar-refractivity contribution in [2.75, 3.05) is 0 Å². The molecule has 1 aliphatic rings. The van der Waals surface area contributed by atoms with E-state index in [0.29, 0.717) is 6.04 Å². The highest BCUT2D eigenvalue weighted by molar-refractivity contribution is 7.81. The fourth-order valence-corrected chi connectivity index (χ4v) is 1.39. The molecule has 10 heavy (non-hydrogen) atoms. The molecule has 58 valence electrons. The molecule has 1 N–H and O–H groups in total. The topological polar surface area (TPSA) is 29.1 Å². The van der Waals surface area contributed by atoms with E-state index in [0.717, 1.165) is 19.3 Å². The van der Waals surface area contributed by atoms with E-state index in [-0.39, 0.29) is 11.2 Å². The van der Waals surface area contributed by atoms with Gasteiger partial charge in [-0.3, -0.25) is 4.79 Å². The van der Waals surface area contributed by atoms with Crippen LogP contribution in [0.5, 0.6) is 0 Å². The molecule has 2 unspecified atom stereocenters. The van der Waals surface area contributed by atoms with Crippen LogP contribution in [0.25, 0.3) is 0 Å². The van der Waals surface area contributed by atoms with E-state index in [2.05, 4.69) is 24.9 Å². The summed E-state index contributed by atoms with van der Waals surface area (Å²) in [5.74, 6) is 0.0985. The summed E-state index contributed by atoms with van der Waals surface area (Å²) >= 11 is 4.12. The Morgan fingerprint density at radius 3 is 2.90 bits per heavy atom. The van der Waals surface area contributed by atoms with Crippen molar-refractivity contribution in [1.82, 2.24) is 5.32 Å². The van der Waals surface area contributed by atoms with E-state index < -0.39 is 0 Å². The van der Waals surface area contributed by atoms with Gasteiger partial charge in [-0.15, -0.1) is 0 Å². The van der Waals surface area contributed by atoms with Crippen LogP contribution < -0.4 is 5.32 Å². The zero-order valence-corrected chi connectivity index (χ0v) is 7.03. The lowest BCUT2D eigenvalue weighted by atomic mass is 10.0. The quantitative estimate of drug-likeness (QED) is 0.548. The summed E-state index contributed by atoms with van der Waals surface area (Å²) in [6.45, 7) is 2.09. The van der Waals surface area contributed by atoms with Gasteiger partial charge in [0.15, 0.2) is 0 Å². The van der Waals surface area contributed by atoms with Gasteiger partial charge in [-0.1, -0.05) is 6.92 Å². The van der Waals surface area contributed by atoms with E-state index in [1.54, 1.807) is 0 Å². The second-order valence-corrected chi connectivity index (χ2v) is 3.33. The van der Waals surface area contributed by atoms with Crippen molar-refractivity contribution in [2.45, 2.75) is 37.5 Å². The highest BCUT2D eigenvalue weighted by Crippen LogP contribution is 2.15. The highest BCUT2D eigenvalue weighted by atomic mass is 32.1. The van der Waals surface area contributed by atoms with Crippen LogP contribution in [-0.2, 0) is 4.79 Å². The van der Waals surface area contributed by atoms with E-state index in [9.17, 15) is 4.79 Å². The number of thiol groups is 1. The van der Waals surface area contributed by atoms with Crippen molar-refractivity contribution in [3.8, 4) is 0 Å². The van der Waals surface area contributed by atoms with Crippen LogP contribution >= 0.6 is 12.6 Å². The molecular weight excluding hydrogens is 146 g/mol. The van der Waals surface area contributed by atoms with Crippen molar-refractivity contribution in [2.24, 2.45) is 0 Å². The number of nitrogens with one attached hydrogen (secondary N) is 1. The molecule has 1 fully saturated rings. The van der Waals surface area contributed by atoms with Crippen LogP contribution in [0.1, 0.15) is 26.2 Å². The van der Waals surface area contributed by atoms with Gasteiger partial charge >= 0.3 is 0 Å². The van der Waals surface area contributed by atoms with Crippen LogP contribution in [0.2, 0.25) is 0 Å². The Morgan fingerprint density at radius 1 is 1.70 bits per heavy atom.